The zero-order valence-corrected chi connectivity index (χ0v) is 17.5. The highest BCUT2D eigenvalue weighted by Crippen LogP contribution is 2.30. The van der Waals surface area contributed by atoms with E-state index < -0.39 is 10.1 Å². The fraction of sp³-hybridized carbons (Fsp3) is 0.381. The van der Waals surface area contributed by atoms with E-state index >= 15 is 0 Å². The van der Waals surface area contributed by atoms with Crippen LogP contribution in [0.3, 0.4) is 0 Å². The average Bonchev–Trinajstić information content (AvgIpc) is 3.09. The Kier molecular flexibility index (Phi) is 6.64. The Morgan fingerprint density at radius 3 is 2.31 bits per heavy atom. The summed E-state index contributed by atoms with van der Waals surface area (Å²) in [6, 6.07) is 12.7. The van der Waals surface area contributed by atoms with Crippen LogP contribution in [0.15, 0.2) is 53.4 Å². The van der Waals surface area contributed by atoms with Crippen LogP contribution in [0.4, 0.5) is 10.5 Å². The van der Waals surface area contributed by atoms with Gasteiger partial charge in [-0.05, 0) is 42.8 Å². The number of unbranched alkanes of at least 4 members (excludes halogenated alkanes) is 2. The zero-order chi connectivity index (χ0) is 20.9. The van der Waals surface area contributed by atoms with Crippen LogP contribution in [0.25, 0.3) is 0 Å². The highest BCUT2D eigenvalue weighted by atomic mass is 32.2. The van der Waals surface area contributed by atoms with Crippen LogP contribution in [0.2, 0.25) is 0 Å². The van der Waals surface area contributed by atoms with Crippen molar-refractivity contribution in [2.24, 2.45) is 0 Å². The number of nitrogens with zero attached hydrogens (tertiary/aromatic N) is 2. The minimum absolute atomic E-state index is 0.0126. The fourth-order valence-corrected chi connectivity index (χ4v) is 4.17. The van der Waals surface area contributed by atoms with Crippen LogP contribution in [0, 0.1) is 0 Å². The van der Waals surface area contributed by atoms with E-state index in [0.717, 1.165) is 25.8 Å². The van der Waals surface area contributed by atoms with Gasteiger partial charge < -0.3 is 13.8 Å². The van der Waals surface area contributed by atoms with Crippen LogP contribution < -0.4 is 13.8 Å². The van der Waals surface area contributed by atoms with Gasteiger partial charge in [-0.3, -0.25) is 4.90 Å². The van der Waals surface area contributed by atoms with Crippen LogP contribution in [-0.2, 0) is 10.1 Å². The van der Waals surface area contributed by atoms with E-state index in [1.807, 2.05) is 4.90 Å². The summed E-state index contributed by atoms with van der Waals surface area (Å²) in [4.78, 5) is 16.1. The molecular formula is C21H26N2O5S. The van der Waals surface area contributed by atoms with Gasteiger partial charge in [0.1, 0.15) is 4.90 Å². The van der Waals surface area contributed by atoms with Gasteiger partial charge in [-0.15, -0.1) is 0 Å². The molecule has 2 aromatic carbocycles. The van der Waals surface area contributed by atoms with E-state index in [-0.39, 0.29) is 16.7 Å². The number of benzene rings is 2. The second kappa shape index (κ2) is 9.17. The van der Waals surface area contributed by atoms with Gasteiger partial charge in [-0.25, -0.2) is 4.79 Å². The third-order valence-electron chi connectivity index (χ3n) is 4.83. The number of hydrogen-bond acceptors (Lipinski definition) is 5. The Labute approximate surface area is 172 Å². The van der Waals surface area contributed by atoms with Gasteiger partial charge >= 0.3 is 16.1 Å². The summed E-state index contributed by atoms with van der Waals surface area (Å²) < 4.78 is 35.6. The van der Waals surface area contributed by atoms with Crippen molar-refractivity contribution in [1.29, 1.82) is 0 Å². The summed E-state index contributed by atoms with van der Waals surface area (Å²) >= 11 is 0. The molecule has 0 aromatic heterocycles. The Morgan fingerprint density at radius 2 is 1.66 bits per heavy atom. The molecule has 0 atom stereocenters. The smallest absolute Gasteiger partial charge is 0.339 e. The minimum Gasteiger partial charge on any atom is -0.493 e. The van der Waals surface area contributed by atoms with Gasteiger partial charge in [0.15, 0.2) is 11.5 Å². The molecular weight excluding hydrogens is 392 g/mol. The average molecular weight is 419 g/mol. The molecule has 0 radical (unpaired) electrons. The monoisotopic (exact) mass is 418 g/mol. The number of rotatable bonds is 9. The third kappa shape index (κ3) is 4.82. The molecule has 0 spiro atoms. The van der Waals surface area contributed by atoms with Gasteiger partial charge in [0.05, 0.1) is 7.11 Å². The SMILES string of the molecule is CCCCCN1CCN(c2ccc(S(=O)(=O)Oc3ccccc3OC)cc2)C1=O. The molecule has 1 heterocycles. The first kappa shape index (κ1) is 21.0. The first-order valence-corrected chi connectivity index (χ1v) is 11.1. The molecule has 2 amide bonds. The van der Waals surface area contributed by atoms with Crippen molar-refractivity contribution < 1.29 is 22.1 Å². The molecule has 1 aliphatic rings. The number of amides is 2. The molecule has 0 aliphatic carbocycles. The van der Waals surface area contributed by atoms with E-state index in [1.165, 1.54) is 25.3 Å². The van der Waals surface area contributed by atoms with Crippen LogP contribution in [-0.4, -0.2) is 46.1 Å². The van der Waals surface area contributed by atoms with Crippen molar-refractivity contribution in [3.63, 3.8) is 0 Å². The summed E-state index contributed by atoms with van der Waals surface area (Å²) in [6.07, 6.45) is 3.20. The summed E-state index contributed by atoms with van der Waals surface area (Å²) in [6.45, 7) is 4.15. The molecule has 8 heteroatoms. The molecule has 156 valence electrons. The highest BCUT2D eigenvalue weighted by molar-refractivity contribution is 7.87. The molecule has 0 saturated carbocycles. The van der Waals surface area contributed by atoms with Crippen LogP contribution >= 0.6 is 0 Å². The first-order valence-electron chi connectivity index (χ1n) is 9.70. The standard InChI is InChI=1S/C21H26N2O5S/c1-3-4-7-14-22-15-16-23(21(22)24)17-10-12-18(13-11-17)29(25,26)28-20-9-6-5-8-19(20)27-2/h5-6,8-13H,3-4,7,14-16H2,1-2H3. The van der Waals surface area contributed by atoms with Crippen molar-refractivity contribution in [2.75, 3.05) is 31.6 Å². The van der Waals surface area contributed by atoms with Crippen molar-refractivity contribution in [1.82, 2.24) is 4.90 Å². The van der Waals surface area contributed by atoms with E-state index in [9.17, 15) is 13.2 Å². The van der Waals surface area contributed by atoms with E-state index in [2.05, 4.69) is 6.92 Å². The summed E-state index contributed by atoms with van der Waals surface area (Å²) in [5.41, 5.74) is 0.671. The van der Waals surface area contributed by atoms with Crippen molar-refractivity contribution in [3.8, 4) is 11.5 Å². The topological polar surface area (TPSA) is 76.2 Å². The van der Waals surface area contributed by atoms with Crippen molar-refractivity contribution >= 4 is 21.8 Å². The summed E-state index contributed by atoms with van der Waals surface area (Å²) in [5.74, 6) is 0.454. The molecule has 2 aromatic rings. The Bertz CT molecular complexity index is 944. The lowest BCUT2D eigenvalue weighted by molar-refractivity contribution is 0.219. The maximum Gasteiger partial charge on any atom is 0.339 e. The predicted molar refractivity (Wildman–Crippen MR) is 111 cm³/mol. The lowest BCUT2D eigenvalue weighted by Gasteiger charge is -2.19. The molecule has 1 aliphatic heterocycles. The number of hydrogen-bond donors (Lipinski definition) is 0. The molecule has 0 bridgehead atoms. The Morgan fingerprint density at radius 1 is 0.966 bits per heavy atom. The molecule has 0 N–H and O–H groups in total. The number of methoxy groups -OCH3 is 1. The van der Waals surface area contributed by atoms with E-state index in [4.69, 9.17) is 8.92 Å². The van der Waals surface area contributed by atoms with Crippen molar-refractivity contribution in [3.05, 3.63) is 48.5 Å². The Balaban J connectivity index is 1.70. The molecule has 3 rings (SSSR count). The molecule has 1 saturated heterocycles. The van der Waals surface area contributed by atoms with Gasteiger partial charge in [-0.1, -0.05) is 31.9 Å². The molecule has 7 nitrogen and oxygen atoms in total. The highest BCUT2D eigenvalue weighted by Gasteiger charge is 2.29. The fourth-order valence-electron chi connectivity index (χ4n) is 3.23. The van der Waals surface area contributed by atoms with Crippen LogP contribution in [0.5, 0.6) is 11.5 Å². The number of carbonyl (C=O) groups excluding carboxylic acids is 1. The molecule has 29 heavy (non-hydrogen) atoms. The minimum atomic E-state index is -4.02. The molecule has 1 fully saturated rings. The van der Waals surface area contributed by atoms with E-state index in [0.29, 0.717) is 24.5 Å². The lowest BCUT2D eigenvalue weighted by atomic mass is 10.2. The van der Waals surface area contributed by atoms with Gasteiger partial charge in [0.2, 0.25) is 0 Å². The Hall–Kier alpha value is -2.74. The maximum atomic E-state index is 12.6. The number of carbonyl (C=O) groups is 1. The number of ether oxygens (including phenoxy) is 1. The van der Waals surface area contributed by atoms with Gasteiger partial charge in [-0.2, -0.15) is 8.42 Å². The number of anilines is 1. The number of urea groups is 1. The molecule has 0 unspecified atom stereocenters. The quantitative estimate of drug-likeness (QED) is 0.456. The normalized spacial score (nSPS) is 14.3. The van der Waals surface area contributed by atoms with Gasteiger partial charge in [0, 0.05) is 25.3 Å². The maximum absolute atomic E-state index is 12.6. The van der Waals surface area contributed by atoms with Gasteiger partial charge in [0.25, 0.3) is 0 Å². The zero-order valence-electron chi connectivity index (χ0n) is 16.7. The van der Waals surface area contributed by atoms with E-state index in [1.54, 1.807) is 35.2 Å². The largest absolute Gasteiger partial charge is 0.493 e. The van der Waals surface area contributed by atoms with Crippen molar-refractivity contribution in [2.45, 2.75) is 31.1 Å². The summed E-state index contributed by atoms with van der Waals surface area (Å²) in [5, 5.41) is 0. The lowest BCUT2D eigenvalue weighted by Crippen LogP contribution is -2.32. The third-order valence-corrected chi connectivity index (χ3v) is 6.08. The second-order valence-corrected chi connectivity index (χ2v) is 8.36. The predicted octanol–water partition coefficient (Wildman–Crippen LogP) is 3.90. The number of para-hydroxylation sites is 2. The second-order valence-electron chi connectivity index (χ2n) is 6.81. The van der Waals surface area contributed by atoms with Crippen LogP contribution in [0.1, 0.15) is 26.2 Å². The first-order chi connectivity index (χ1) is 14.0. The summed E-state index contributed by atoms with van der Waals surface area (Å²) in [7, 11) is -2.57.